The van der Waals surface area contributed by atoms with Crippen LogP contribution >= 0.6 is 0 Å². The van der Waals surface area contributed by atoms with Crippen LogP contribution in [0.3, 0.4) is 0 Å². The monoisotopic (exact) mass is 319 g/mol. The van der Waals surface area contributed by atoms with E-state index in [1.54, 1.807) is 12.1 Å². The second-order valence-corrected chi connectivity index (χ2v) is 7.94. The summed E-state index contributed by atoms with van der Waals surface area (Å²) in [5, 5.41) is 0. The first kappa shape index (κ1) is 18.2. The molecule has 0 bridgehead atoms. The summed E-state index contributed by atoms with van der Waals surface area (Å²) < 4.78 is 44.2. The van der Waals surface area contributed by atoms with Crippen molar-refractivity contribution in [1.82, 2.24) is 4.72 Å². The summed E-state index contributed by atoms with van der Waals surface area (Å²) in [5.74, 6) is 0.395. The molecule has 0 heterocycles. The van der Waals surface area contributed by atoms with Gasteiger partial charge in [0.05, 0.1) is 6.04 Å². The fourth-order valence-corrected chi connectivity index (χ4v) is 2.54. The molecule has 1 N–H and O–H groups in total. The average Bonchev–Trinajstić information content (AvgIpc) is 2.36. The SMILES string of the molecule is Cc1ccc(OCC(F)F)cc1C(C)N[S+]([O-])C(C)(C)C. The van der Waals surface area contributed by atoms with Gasteiger partial charge < -0.3 is 9.29 Å². The highest BCUT2D eigenvalue weighted by molar-refractivity contribution is 7.90. The largest absolute Gasteiger partial charge is 0.598 e. The molecule has 0 spiro atoms. The summed E-state index contributed by atoms with van der Waals surface area (Å²) in [7, 11) is 0. The Bertz CT molecular complexity index is 463. The van der Waals surface area contributed by atoms with E-state index < -0.39 is 24.4 Å². The van der Waals surface area contributed by atoms with Gasteiger partial charge >= 0.3 is 0 Å². The number of hydrogen-bond donors (Lipinski definition) is 1. The molecule has 1 rings (SSSR count). The maximum absolute atomic E-state index is 12.2. The Morgan fingerprint density at radius 2 is 1.95 bits per heavy atom. The second kappa shape index (κ2) is 7.42. The first-order chi connectivity index (χ1) is 9.61. The molecule has 3 nitrogen and oxygen atoms in total. The molecule has 2 unspecified atom stereocenters. The van der Waals surface area contributed by atoms with Crippen molar-refractivity contribution in [2.45, 2.75) is 51.8 Å². The predicted molar refractivity (Wildman–Crippen MR) is 82.1 cm³/mol. The fourth-order valence-electron chi connectivity index (χ4n) is 1.73. The number of rotatable bonds is 6. The van der Waals surface area contributed by atoms with Crippen LogP contribution in [0.5, 0.6) is 5.75 Å². The lowest BCUT2D eigenvalue weighted by Crippen LogP contribution is -2.40. The summed E-state index contributed by atoms with van der Waals surface area (Å²) in [6.45, 7) is 8.85. The molecule has 21 heavy (non-hydrogen) atoms. The number of ether oxygens (including phenoxy) is 1. The van der Waals surface area contributed by atoms with Crippen LogP contribution in [0.2, 0.25) is 0 Å². The van der Waals surface area contributed by atoms with Gasteiger partial charge in [-0.25, -0.2) is 8.78 Å². The molecule has 0 aliphatic rings. The molecule has 0 radical (unpaired) electrons. The molecule has 120 valence electrons. The van der Waals surface area contributed by atoms with Crippen LogP contribution in [-0.4, -0.2) is 22.3 Å². The quantitative estimate of drug-likeness (QED) is 0.812. The molecule has 0 saturated carbocycles. The summed E-state index contributed by atoms with van der Waals surface area (Å²) in [6, 6.07) is 5.03. The third kappa shape index (κ3) is 5.80. The summed E-state index contributed by atoms with van der Waals surface area (Å²) in [5.41, 5.74) is 1.88. The number of benzene rings is 1. The van der Waals surface area contributed by atoms with Crippen molar-refractivity contribution >= 4 is 11.4 Å². The molecule has 0 saturated heterocycles. The normalized spacial score (nSPS) is 15.1. The molecule has 1 aromatic rings. The number of nitrogens with one attached hydrogen (secondary N) is 1. The standard InChI is InChI=1S/C15H23F2NO2S/c1-10-6-7-12(20-9-14(16)17)8-13(10)11(2)18-21(19)15(3,4)5/h6-8,11,14,18H,9H2,1-5H3. The predicted octanol–water partition coefficient (Wildman–Crippen LogP) is 3.75. The molecule has 0 fully saturated rings. The van der Waals surface area contributed by atoms with Gasteiger partial charge in [0.1, 0.15) is 17.1 Å². The van der Waals surface area contributed by atoms with Crippen molar-refractivity contribution in [3.63, 3.8) is 0 Å². The fraction of sp³-hybridized carbons (Fsp3) is 0.600. The van der Waals surface area contributed by atoms with Gasteiger partial charge in [-0.2, -0.15) is 0 Å². The number of halogens is 2. The third-order valence-electron chi connectivity index (χ3n) is 2.93. The van der Waals surface area contributed by atoms with E-state index in [9.17, 15) is 13.3 Å². The van der Waals surface area contributed by atoms with E-state index in [1.807, 2.05) is 40.7 Å². The van der Waals surface area contributed by atoms with Gasteiger partial charge in [-0.1, -0.05) is 6.07 Å². The Balaban J connectivity index is 2.83. The molecule has 0 aromatic heterocycles. The lowest BCUT2D eigenvalue weighted by Gasteiger charge is -2.27. The van der Waals surface area contributed by atoms with E-state index in [4.69, 9.17) is 4.74 Å². The Morgan fingerprint density at radius 3 is 2.48 bits per heavy atom. The highest BCUT2D eigenvalue weighted by Crippen LogP contribution is 2.26. The van der Waals surface area contributed by atoms with Crippen LogP contribution in [0.1, 0.15) is 44.9 Å². The average molecular weight is 319 g/mol. The van der Waals surface area contributed by atoms with E-state index in [2.05, 4.69) is 4.72 Å². The van der Waals surface area contributed by atoms with Gasteiger partial charge in [-0.15, -0.1) is 4.72 Å². The molecule has 0 aliphatic carbocycles. The van der Waals surface area contributed by atoms with Gasteiger partial charge in [-0.05, 0) is 57.9 Å². The lowest BCUT2D eigenvalue weighted by atomic mass is 10.0. The molecule has 6 heteroatoms. The maximum atomic E-state index is 12.2. The molecule has 1 aromatic carbocycles. The Hall–Kier alpha value is -0.850. The Morgan fingerprint density at radius 1 is 1.33 bits per heavy atom. The topological polar surface area (TPSA) is 44.3 Å². The van der Waals surface area contributed by atoms with Crippen molar-refractivity contribution in [2.75, 3.05) is 6.61 Å². The van der Waals surface area contributed by atoms with Crippen LogP contribution in [0.15, 0.2) is 18.2 Å². The van der Waals surface area contributed by atoms with Gasteiger partial charge in [0.2, 0.25) is 0 Å². The van der Waals surface area contributed by atoms with Crippen LogP contribution in [-0.2, 0) is 11.4 Å². The Labute approximate surface area is 128 Å². The first-order valence-corrected chi connectivity index (χ1v) is 7.95. The van der Waals surface area contributed by atoms with E-state index in [1.165, 1.54) is 0 Å². The minimum Gasteiger partial charge on any atom is -0.598 e. The van der Waals surface area contributed by atoms with E-state index >= 15 is 0 Å². The van der Waals surface area contributed by atoms with Crippen LogP contribution < -0.4 is 9.46 Å². The van der Waals surface area contributed by atoms with Gasteiger partial charge in [0.25, 0.3) is 6.43 Å². The highest BCUT2D eigenvalue weighted by atomic mass is 32.2. The molecule has 2 atom stereocenters. The minimum atomic E-state index is -2.50. The van der Waals surface area contributed by atoms with Crippen molar-refractivity contribution in [3.05, 3.63) is 29.3 Å². The zero-order valence-corrected chi connectivity index (χ0v) is 13.9. The summed E-state index contributed by atoms with van der Waals surface area (Å²) >= 11 is -1.20. The van der Waals surface area contributed by atoms with Gasteiger partial charge in [0, 0.05) is 11.4 Å². The van der Waals surface area contributed by atoms with Crippen molar-refractivity contribution in [3.8, 4) is 5.75 Å². The maximum Gasteiger partial charge on any atom is 0.272 e. The van der Waals surface area contributed by atoms with E-state index in [-0.39, 0.29) is 10.8 Å². The van der Waals surface area contributed by atoms with Crippen molar-refractivity contribution in [1.29, 1.82) is 0 Å². The molecular formula is C15H23F2NO2S. The number of hydrogen-bond acceptors (Lipinski definition) is 3. The smallest absolute Gasteiger partial charge is 0.272 e. The van der Waals surface area contributed by atoms with E-state index in [0.29, 0.717) is 5.75 Å². The third-order valence-corrected chi connectivity index (χ3v) is 4.61. The van der Waals surface area contributed by atoms with Crippen molar-refractivity contribution < 1.29 is 18.1 Å². The first-order valence-electron chi connectivity index (χ1n) is 6.81. The second-order valence-electron chi connectivity index (χ2n) is 5.94. The molecular weight excluding hydrogens is 296 g/mol. The number of aryl methyl sites for hydroxylation is 1. The van der Waals surface area contributed by atoms with E-state index in [0.717, 1.165) is 11.1 Å². The van der Waals surface area contributed by atoms with Crippen molar-refractivity contribution in [2.24, 2.45) is 0 Å². The number of alkyl halides is 2. The summed E-state index contributed by atoms with van der Waals surface area (Å²) in [4.78, 5) is 0. The van der Waals surface area contributed by atoms with Crippen LogP contribution in [0.25, 0.3) is 0 Å². The lowest BCUT2D eigenvalue weighted by molar-refractivity contribution is 0.0818. The Kier molecular flexibility index (Phi) is 6.43. The van der Waals surface area contributed by atoms with Crippen LogP contribution in [0.4, 0.5) is 8.78 Å². The summed E-state index contributed by atoms with van der Waals surface area (Å²) in [6.07, 6.45) is -2.50. The molecule has 0 aliphatic heterocycles. The zero-order valence-electron chi connectivity index (χ0n) is 13.1. The van der Waals surface area contributed by atoms with Gasteiger partial charge in [0.15, 0.2) is 0 Å². The zero-order chi connectivity index (χ0) is 16.2. The molecule has 0 amide bonds. The van der Waals surface area contributed by atoms with Crippen LogP contribution in [0, 0.1) is 6.92 Å². The van der Waals surface area contributed by atoms with Gasteiger partial charge in [-0.3, -0.25) is 0 Å². The minimum absolute atomic E-state index is 0.167. The highest BCUT2D eigenvalue weighted by Gasteiger charge is 2.28.